The fourth-order valence-electron chi connectivity index (χ4n) is 0.238. The van der Waals surface area contributed by atoms with Crippen LogP contribution in [0.1, 0.15) is 13.8 Å². The highest BCUT2D eigenvalue weighted by atomic mass is 32.1. The van der Waals surface area contributed by atoms with Crippen molar-refractivity contribution in [3.63, 3.8) is 0 Å². The zero-order valence-corrected chi connectivity index (χ0v) is 5.94. The molecule has 0 aromatic carbocycles. The van der Waals surface area contributed by atoms with Crippen LogP contribution < -0.4 is 0 Å². The molecule has 1 unspecified atom stereocenters. The first-order valence-corrected chi connectivity index (χ1v) is 2.96. The molecule has 0 bridgehead atoms. The molecule has 48 valence electrons. The van der Waals surface area contributed by atoms with Gasteiger partial charge in [0.05, 0.1) is 0 Å². The van der Waals surface area contributed by atoms with Gasteiger partial charge in [0.25, 0.3) is 0 Å². The quantitative estimate of drug-likeness (QED) is 0.448. The monoisotopic (exact) mass is 134 g/mol. The summed E-state index contributed by atoms with van der Waals surface area (Å²) in [6.45, 7) is 3.65. The van der Waals surface area contributed by atoms with Crippen molar-refractivity contribution in [2.24, 2.45) is 0 Å². The zero-order chi connectivity index (χ0) is 6.57. The normalized spacial score (nSPS) is 12.9. The van der Waals surface area contributed by atoms with Gasteiger partial charge < -0.3 is 4.74 Å². The fourth-order valence-corrected chi connectivity index (χ4v) is 0.312. The van der Waals surface area contributed by atoms with Crippen LogP contribution in [0.2, 0.25) is 0 Å². The van der Waals surface area contributed by atoms with Crippen LogP contribution in [-0.4, -0.2) is 17.8 Å². The average molecular weight is 134 g/mol. The molecule has 1 atom stereocenters. The molecule has 0 aromatic rings. The standard InChI is InChI=1S/C5H10O2S/c1-4(8)3-7-5(2)6/h4,8H,3H2,1-2H3. The number of carbonyl (C=O) groups is 1. The largest absolute Gasteiger partial charge is 0.465 e. The summed E-state index contributed by atoms with van der Waals surface area (Å²) in [5.74, 6) is -0.245. The van der Waals surface area contributed by atoms with Crippen LogP contribution in [0.15, 0.2) is 0 Å². The number of hydrogen-bond acceptors (Lipinski definition) is 3. The molecule has 0 saturated carbocycles. The second-order valence-corrected chi connectivity index (χ2v) is 2.53. The Morgan fingerprint density at radius 1 is 1.88 bits per heavy atom. The summed E-state index contributed by atoms with van der Waals surface area (Å²) in [7, 11) is 0. The molecular weight excluding hydrogens is 124 g/mol. The van der Waals surface area contributed by atoms with Crippen molar-refractivity contribution in [1.82, 2.24) is 0 Å². The summed E-state index contributed by atoms with van der Waals surface area (Å²) in [5.41, 5.74) is 0. The van der Waals surface area contributed by atoms with Gasteiger partial charge in [0, 0.05) is 12.2 Å². The number of esters is 1. The van der Waals surface area contributed by atoms with Crippen molar-refractivity contribution in [2.45, 2.75) is 19.1 Å². The van der Waals surface area contributed by atoms with E-state index in [4.69, 9.17) is 0 Å². The van der Waals surface area contributed by atoms with Gasteiger partial charge in [0.15, 0.2) is 0 Å². The molecule has 0 aliphatic rings. The molecule has 0 rings (SSSR count). The predicted octanol–water partition coefficient (Wildman–Crippen LogP) is 0.868. The second-order valence-electron chi connectivity index (χ2n) is 1.65. The van der Waals surface area contributed by atoms with E-state index in [1.165, 1.54) is 6.92 Å². The SMILES string of the molecule is CC(=O)OCC(C)S. The Balaban J connectivity index is 3.05. The first-order chi connectivity index (χ1) is 3.63. The van der Waals surface area contributed by atoms with Crippen molar-refractivity contribution in [1.29, 1.82) is 0 Å². The van der Waals surface area contributed by atoms with Gasteiger partial charge in [-0.05, 0) is 0 Å². The minimum atomic E-state index is -0.245. The highest BCUT2D eigenvalue weighted by molar-refractivity contribution is 7.80. The maximum Gasteiger partial charge on any atom is 0.302 e. The smallest absolute Gasteiger partial charge is 0.302 e. The van der Waals surface area contributed by atoms with Crippen LogP contribution in [0.3, 0.4) is 0 Å². The van der Waals surface area contributed by atoms with Crippen LogP contribution in [0.5, 0.6) is 0 Å². The van der Waals surface area contributed by atoms with E-state index < -0.39 is 0 Å². The highest BCUT2D eigenvalue weighted by Gasteiger charge is 1.95. The molecule has 3 heteroatoms. The zero-order valence-electron chi connectivity index (χ0n) is 5.05. The topological polar surface area (TPSA) is 26.3 Å². The van der Waals surface area contributed by atoms with Gasteiger partial charge in [0.2, 0.25) is 0 Å². The van der Waals surface area contributed by atoms with Gasteiger partial charge in [-0.2, -0.15) is 12.6 Å². The summed E-state index contributed by atoms with van der Waals surface area (Å²) in [4.78, 5) is 10.1. The lowest BCUT2D eigenvalue weighted by atomic mass is 10.5. The number of hydrogen-bond donors (Lipinski definition) is 1. The van der Waals surface area contributed by atoms with Crippen LogP contribution in [-0.2, 0) is 9.53 Å². The molecule has 0 fully saturated rings. The summed E-state index contributed by atoms with van der Waals surface area (Å²) < 4.78 is 4.59. The average Bonchev–Trinajstić information content (AvgIpc) is 1.61. The van der Waals surface area contributed by atoms with E-state index in [2.05, 4.69) is 17.4 Å². The van der Waals surface area contributed by atoms with E-state index in [9.17, 15) is 4.79 Å². The Labute approximate surface area is 54.6 Å². The first kappa shape index (κ1) is 7.82. The van der Waals surface area contributed by atoms with E-state index in [-0.39, 0.29) is 11.2 Å². The number of carbonyl (C=O) groups excluding carboxylic acids is 1. The lowest BCUT2D eigenvalue weighted by Gasteiger charge is -2.01. The van der Waals surface area contributed by atoms with Gasteiger partial charge in [-0.15, -0.1) is 0 Å². The Hall–Kier alpha value is -0.180. The molecule has 0 aliphatic heterocycles. The maximum atomic E-state index is 10.1. The minimum absolute atomic E-state index is 0.138. The van der Waals surface area contributed by atoms with Crippen molar-refractivity contribution in [2.75, 3.05) is 6.61 Å². The van der Waals surface area contributed by atoms with Crippen molar-refractivity contribution in [3.05, 3.63) is 0 Å². The molecule has 0 spiro atoms. The molecule has 0 heterocycles. The van der Waals surface area contributed by atoms with Gasteiger partial charge in [-0.1, -0.05) is 6.92 Å². The molecule has 0 radical (unpaired) electrons. The van der Waals surface area contributed by atoms with E-state index in [1.807, 2.05) is 6.92 Å². The van der Waals surface area contributed by atoms with E-state index in [0.717, 1.165) is 0 Å². The Kier molecular flexibility index (Phi) is 3.69. The van der Waals surface area contributed by atoms with Crippen LogP contribution in [0, 0.1) is 0 Å². The predicted molar refractivity (Wildman–Crippen MR) is 35.1 cm³/mol. The third kappa shape index (κ3) is 5.82. The molecule has 0 saturated heterocycles. The highest BCUT2D eigenvalue weighted by Crippen LogP contribution is 1.91. The summed E-state index contributed by atoms with van der Waals surface area (Å²) in [6, 6.07) is 0. The molecule has 2 nitrogen and oxygen atoms in total. The number of ether oxygens (including phenoxy) is 1. The molecule has 0 aliphatic carbocycles. The van der Waals surface area contributed by atoms with Crippen LogP contribution in [0.4, 0.5) is 0 Å². The second kappa shape index (κ2) is 3.78. The summed E-state index contributed by atoms with van der Waals surface area (Å²) in [5, 5.41) is 0.138. The summed E-state index contributed by atoms with van der Waals surface area (Å²) >= 11 is 4.00. The van der Waals surface area contributed by atoms with E-state index in [0.29, 0.717) is 6.61 Å². The van der Waals surface area contributed by atoms with Gasteiger partial charge in [0.1, 0.15) is 6.61 Å². The Morgan fingerprint density at radius 2 is 2.38 bits per heavy atom. The molecule has 8 heavy (non-hydrogen) atoms. The lowest BCUT2D eigenvalue weighted by Crippen LogP contribution is -2.07. The van der Waals surface area contributed by atoms with Crippen molar-refractivity contribution < 1.29 is 9.53 Å². The van der Waals surface area contributed by atoms with E-state index in [1.54, 1.807) is 0 Å². The van der Waals surface area contributed by atoms with Gasteiger partial charge >= 0.3 is 5.97 Å². The fraction of sp³-hybridized carbons (Fsp3) is 0.800. The molecule has 0 N–H and O–H groups in total. The third-order valence-corrected chi connectivity index (χ3v) is 0.677. The Bertz CT molecular complexity index is 80.5. The lowest BCUT2D eigenvalue weighted by molar-refractivity contribution is -0.140. The van der Waals surface area contributed by atoms with Crippen molar-refractivity contribution in [3.8, 4) is 0 Å². The van der Waals surface area contributed by atoms with Crippen molar-refractivity contribution >= 4 is 18.6 Å². The number of thiol groups is 1. The molecule has 0 aromatic heterocycles. The maximum absolute atomic E-state index is 10.1. The van der Waals surface area contributed by atoms with E-state index >= 15 is 0 Å². The van der Waals surface area contributed by atoms with Crippen LogP contribution in [0.25, 0.3) is 0 Å². The van der Waals surface area contributed by atoms with Gasteiger partial charge in [-0.3, -0.25) is 4.79 Å². The number of rotatable bonds is 2. The Morgan fingerprint density at radius 3 is 2.50 bits per heavy atom. The summed E-state index contributed by atoms with van der Waals surface area (Å²) in [6.07, 6.45) is 0. The third-order valence-electron chi connectivity index (χ3n) is 0.528. The molecular formula is C5H10O2S. The minimum Gasteiger partial charge on any atom is -0.465 e. The van der Waals surface area contributed by atoms with Gasteiger partial charge in [-0.25, -0.2) is 0 Å². The molecule has 0 amide bonds. The van der Waals surface area contributed by atoms with Crippen LogP contribution >= 0.6 is 12.6 Å². The first-order valence-electron chi connectivity index (χ1n) is 2.44.